The molecule has 1 aromatic heterocycles. The average Bonchev–Trinajstić information content (AvgIpc) is 2.24. The molecular formula is C13H21BrN2. The van der Waals surface area contributed by atoms with E-state index in [9.17, 15) is 0 Å². The fourth-order valence-corrected chi connectivity index (χ4v) is 2.29. The zero-order valence-electron chi connectivity index (χ0n) is 10.3. The minimum Gasteiger partial charge on any atom is -0.317 e. The Kier molecular flexibility index (Phi) is 5.99. The van der Waals surface area contributed by atoms with Crippen LogP contribution >= 0.6 is 15.9 Å². The Morgan fingerprint density at radius 1 is 1.38 bits per heavy atom. The lowest BCUT2D eigenvalue weighted by molar-refractivity contribution is 0.421. The van der Waals surface area contributed by atoms with Crippen molar-refractivity contribution in [3.05, 3.63) is 28.5 Å². The second-order valence-electron chi connectivity index (χ2n) is 4.67. The normalized spacial score (nSPS) is 13.1. The summed E-state index contributed by atoms with van der Waals surface area (Å²) in [5, 5.41) is 3.39. The highest BCUT2D eigenvalue weighted by atomic mass is 79.9. The van der Waals surface area contributed by atoms with Crippen LogP contribution in [0.5, 0.6) is 0 Å². The summed E-state index contributed by atoms with van der Waals surface area (Å²) in [7, 11) is 2.05. The molecule has 0 bridgehead atoms. The second-order valence-corrected chi connectivity index (χ2v) is 5.58. The summed E-state index contributed by atoms with van der Waals surface area (Å²) in [5.41, 5.74) is 1.30. The summed E-state index contributed by atoms with van der Waals surface area (Å²) in [6.45, 7) is 4.54. The monoisotopic (exact) mass is 284 g/mol. The maximum atomic E-state index is 4.18. The van der Waals surface area contributed by atoms with Crippen molar-refractivity contribution in [1.29, 1.82) is 0 Å². The molecule has 1 atom stereocenters. The largest absolute Gasteiger partial charge is 0.317 e. The molecule has 1 rings (SSSR count). The van der Waals surface area contributed by atoms with E-state index in [1.807, 2.05) is 19.4 Å². The van der Waals surface area contributed by atoms with Gasteiger partial charge in [0.1, 0.15) is 0 Å². The van der Waals surface area contributed by atoms with Crippen molar-refractivity contribution in [3.8, 4) is 0 Å². The fraction of sp³-hybridized carbons (Fsp3) is 0.615. The molecule has 3 heteroatoms. The van der Waals surface area contributed by atoms with Crippen molar-refractivity contribution >= 4 is 15.9 Å². The molecular weight excluding hydrogens is 264 g/mol. The van der Waals surface area contributed by atoms with Crippen LogP contribution in [-0.4, -0.2) is 18.1 Å². The third-order valence-corrected chi connectivity index (χ3v) is 3.14. The third kappa shape index (κ3) is 5.08. The lowest BCUT2D eigenvalue weighted by atomic mass is 9.98. The van der Waals surface area contributed by atoms with Crippen molar-refractivity contribution in [1.82, 2.24) is 10.3 Å². The van der Waals surface area contributed by atoms with Gasteiger partial charge in [0.15, 0.2) is 0 Å². The summed E-state index contributed by atoms with van der Waals surface area (Å²) in [6, 6.07) is 2.76. The standard InChI is InChI=1S/C13H21BrN2/c1-10(2)6-13(15-3)5-4-11-7-12(14)9-16-8-11/h7-10,13,15H,4-6H2,1-3H3. The molecule has 16 heavy (non-hydrogen) atoms. The van der Waals surface area contributed by atoms with Gasteiger partial charge >= 0.3 is 0 Å². The number of halogens is 1. The Bertz CT molecular complexity index is 313. The Morgan fingerprint density at radius 2 is 2.12 bits per heavy atom. The number of hydrogen-bond acceptors (Lipinski definition) is 2. The molecule has 0 amide bonds. The molecule has 1 unspecified atom stereocenters. The molecule has 0 aliphatic heterocycles. The van der Waals surface area contributed by atoms with Crippen LogP contribution in [-0.2, 0) is 6.42 Å². The van der Waals surface area contributed by atoms with E-state index in [2.05, 4.69) is 46.1 Å². The van der Waals surface area contributed by atoms with Crippen LogP contribution in [0, 0.1) is 5.92 Å². The molecule has 0 aliphatic carbocycles. The minimum absolute atomic E-state index is 0.610. The number of hydrogen-bond donors (Lipinski definition) is 1. The average molecular weight is 285 g/mol. The fourth-order valence-electron chi connectivity index (χ4n) is 1.88. The number of pyridine rings is 1. The van der Waals surface area contributed by atoms with E-state index in [-0.39, 0.29) is 0 Å². The maximum absolute atomic E-state index is 4.18. The van der Waals surface area contributed by atoms with Gasteiger partial charge < -0.3 is 5.32 Å². The number of nitrogens with one attached hydrogen (secondary N) is 1. The van der Waals surface area contributed by atoms with Gasteiger partial charge in [-0.1, -0.05) is 13.8 Å². The molecule has 2 nitrogen and oxygen atoms in total. The third-order valence-electron chi connectivity index (χ3n) is 2.71. The van der Waals surface area contributed by atoms with Crippen molar-refractivity contribution in [2.24, 2.45) is 5.92 Å². The van der Waals surface area contributed by atoms with E-state index < -0.39 is 0 Å². The zero-order chi connectivity index (χ0) is 12.0. The molecule has 0 saturated carbocycles. The lowest BCUT2D eigenvalue weighted by Gasteiger charge is -2.18. The molecule has 1 heterocycles. The van der Waals surface area contributed by atoms with E-state index >= 15 is 0 Å². The van der Waals surface area contributed by atoms with Crippen LogP contribution in [0.15, 0.2) is 22.9 Å². The van der Waals surface area contributed by atoms with Crippen LogP contribution in [0.1, 0.15) is 32.3 Å². The van der Waals surface area contributed by atoms with E-state index in [1.165, 1.54) is 18.4 Å². The lowest BCUT2D eigenvalue weighted by Crippen LogP contribution is -2.27. The molecule has 0 fully saturated rings. The highest BCUT2D eigenvalue weighted by Crippen LogP contribution is 2.14. The summed E-state index contributed by atoms with van der Waals surface area (Å²) in [6.07, 6.45) is 7.27. The predicted molar refractivity (Wildman–Crippen MR) is 72.6 cm³/mol. The van der Waals surface area contributed by atoms with Gasteiger partial charge in [0.25, 0.3) is 0 Å². The summed E-state index contributed by atoms with van der Waals surface area (Å²) in [4.78, 5) is 4.18. The van der Waals surface area contributed by atoms with Crippen LogP contribution in [0.2, 0.25) is 0 Å². The molecule has 90 valence electrons. The SMILES string of the molecule is CNC(CCc1cncc(Br)c1)CC(C)C. The van der Waals surface area contributed by atoms with Crippen LogP contribution in [0.3, 0.4) is 0 Å². The Balaban J connectivity index is 2.43. The molecule has 0 aliphatic rings. The van der Waals surface area contributed by atoms with Crippen LogP contribution in [0.25, 0.3) is 0 Å². The van der Waals surface area contributed by atoms with E-state index in [1.54, 1.807) is 0 Å². The first-order valence-electron chi connectivity index (χ1n) is 5.88. The second kappa shape index (κ2) is 7.02. The van der Waals surface area contributed by atoms with Gasteiger partial charge in [-0.3, -0.25) is 4.98 Å². The maximum Gasteiger partial charge on any atom is 0.0410 e. The Labute approximate surface area is 107 Å². The van der Waals surface area contributed by atoms with Crippen molar-refractivity contribution < 1.29 is 0 Å². The first-order valence-corrected chi connectivity index (χ1v) is 6.67. The molecule has 0 saturated heterocycles. The number of aromatic nitrogens is 1. The highest BCUT2D eigenvalue weighted by molar-refractivity contribution is 9.10. The van der Waals surface area contributed by atoms with Gasteiger partial charge in [0.05, 0.1) is 0 Å². The Morgan fingerprint density at radius 3 is 2.69 bits per heavy atom. The first-order chi connectivity index (χ1) is 7.61. The number of nitrogens with zero attached hydrogens (tertiary/aromatic N) is 1. The quantitative estimate of drug-likeness (QED) is 0.866. The summed E-state index contributed by atoms with van der Waals surface area (Å²) < 4.78 is 1.06. The Hall–Kier alpha value is -0.410. The highest BCUT2D eigenvalue weighted by Gasteiger charge is 2.08. The first kappa shape index (κ1) is 13.7. The number of rotatable bonds is 6. The number of aryl methyl sites for hydroxylation is 1. The topological polar surface area (TPSA) is 24.9 Å². The zero-order valence-corrected chi connectivity index (χ0v) is 11.9. The van der Waals surface area contributed by atoms with Crippen molar-refractivity contribution in [2.75, 3.05) is 7.05 Å². The van der Waals surface area contributed by atoms with Gasteiger partial charge in [0.2, 0.25) is 0 Å². The van der Waals surface area contributed by atoms with Crippen molar-refractivity contribution in [2.45, 2.75) is 39.2 Å². The molecule has 0 aromatic carbocycles. The predicted octanol–water partition coefficient (Wildman–Crippen LogP) is 3.41. The van der Waals surface area contributed by atoms with Gasteiger partial charge in [-0.15, -0.1) is 0 Å². The smallest absolute Gasteiger partial charge is 0.0410 e. The van der Waals surface area contributed by atoms with Gasteiger partial charge in [0, 0.05) is 22.9 Å². The van der Waals surface area contributed by atoms with Crippen LogP contribution in [0.4, 0.5) is 0 Å². The van der Waals surface area contributed by atoms with Gasteiger partial charge in [-0.05, 0) is 59.8 Å². The summed E-state index contributed by atoms with van der Waals surface area (Å²) >= 11 is 3.45. The van der Waals surface area contributed by atoms with E-state index in [0.717, 1.165) is 16.8 Å². The molecule has 1 aromatic rings. The molecule has 0 radical (unpaired) electrons. The van der Waals surface area contributed by atoms with Crippen molar-refractivity contribution in [3.63, 3.8) is 0 Å². The molecule has 0 spiro atoms. The minimum atomic E-state index is 0.610. The van der Waals surface area contributed by atoms with E-state index in [0.29, 0.717) is 6.04 Å². The summed E-state index contributed by atoms with van der Waals surface area (Å²) in [5.74, 6) is 0.748. The molecule has 1 N–H and O–H groups in total. The van der Waals surface area contributed by atoms with E-state index in [4.69, 9.17) is 0 Å². The van der Waals surface area contributed by atoms with Gasteiger partial charge in [-0.25, -0.2) is 0 Å². The van der Waals surface area contributed by atoms with Crippen LogP contribution < -0.4 is 5.32 Å². The van der Waals surface area contributed by atoms with Gasteiger partial charge in [-0.2, -0.15) is 0 Å².